The van der Waals surface area contributed by atoms with Gasteiger partial charge in [0.1, 0.15) is 0 Å². The fourth-order valence-electron chi connectivity index (χ4n) is 6.73. The van der Waals surface area contributed by atoms with Crippen LogP contribution in [0.1, 0.15) is 43.4 Å². The molecule has 2 saturated heterocycles. The molecule has 3 fully saturated rings. The fourth-order valence-corrected chi connectivity index (χ4v) is 6.73. The van der Waals surface area contributed by atoms with Gasteiger partial charge in [-0.05, 0) is 59.9 Å². The Labute approximate surface area is 183 Å². The maximum absolute atomic E-state index is 5.39. The van der Waals surface area contributed by atoms with Gasteiger partial charge in [-0.2, -0.15) is 4.98 Å². The van der Waals surface area contributed by atoms with Crippen LogP contribution in [0.25, 0.3) is 22.0 Å². The molecule has 5 atom stereocenters. The lowest BCUT2D eigenvalue weighted by molar-refractivity contribution is -0.0134. The van der Waals surface area contributed by atoms with E-state index in [1.165, 1.54) is 54.5 Å². The van der Waals surface area contributed by atoms with E-state index in [1.807, 2.05) is 12.1 Å². The number of pyridine rings is 1. The van der Waals surface area contributed by atoms with E-state index in [0.717, 1.165) is 29.9 Å². The molecule has 0 spiro atoms. The van der Waals surface area contributed by atoms with Gasteiger partial charge in [-0.3, -0.25) is 4.90 Å². The molecule has 0 amide bonds. The summed E-state index contributed by atoms with van der Waals surface area (Å²) in [4.78, 5) is 11.0. The van der Waals surface area contributed by atoms with Gasteiger partial charge in [-0.15, -0.1) is 0 Å². The maximum Gasteiger partial charge on any atom is 0.216 e. The maximum atomic E-state index is 5.39. The van der Waals surface area contributed by atoms with Crippen molar-refractivity contribution in [2.24, 2.45) is 11.8 Å². The Hall–Kier alpha value is -2.53. The minimum Gasteiger partial charge on any atom is -0.481 e. The topological polar surface area (TPSA) is 50.4 Å². The quantitative estimate of drug-likeness (QED) is 0.649. The average Bonchev–Trinajstić information content (AvgIpc) is 3.14. The summed E-state index contributed by atoms with van der Waals surface area (Å²) in [5, 5.41) is 1.37. The largest absolute Gasteiger partial charge is 0.481 e. The van der Waals surface area contributed by atoms with E-state index in [1.54, 1.807) is 19.8 Å². The number of hydrogen-bond donors (Lipinski definition) is 1. The molecule has 31 heavy (non-hydrogen) atoms. The standard InChI is InChI=1S/C26H31N3O2/c1-4-16-9-15-10-21-25-19(7-8-29(14-15)26(16)21)20-11-17(5-6-22(20)27-25)18-12-23(30-2)28-24(13-18)31-3/h5-6,11-13,15-16,21,26-27H,4,7-10,14H2,1-3H3. The van der Waals surface area contributed by atoms with Crippen molar-refractivity contribution < 1.29 is 9.47 Å². The molecule has 5 nitrogen and oxygen atoms in total. The van der Waals surface area contributed by atoms with Crippen molar-refractivity contribution in [2.75, 3.05) is 27.3 Å². The third-order valence-corrected chi connectivity index (χ3v) is 8.05. The van der Waals surface area contributed by atoms with Gasteiger partial charge in [0.05, 0.1) is 14.2 Å². The number of piperidine rings is 2. The molecule has 5 unspecified atom stereocenters. The highest BCUT2D eigenvalue weighted by Crippen LogP contribution is 2.51. The van der Waals surface area contributed by atoms with E-state index in [0.29, 0.717) is 17.7 Å². The molecule has 5 heterocycles. The zero-order valence-electron chi connectivity index (χ0n) is 18.6. The van der Waals surface area contributed by atoms with Crippen LogP contribution in [-0.4, -0.2) is 48.2 Å². The SMILES string of the molecule is CCC1CC2CC3c4[nH]c5ccc(-c6cc(OC)nc(OC)c6)cc5c4CCN(C2)C13. The number of benzene rings is 1. The van der Waals surface area contributed by atoms with Gasteiger partial charge in [-0.1, -0.05) is 19.4 Å². The second-order valence-electron chi connectivity index (χ2n) is 9.57. The van der Waals surface area contributed by atoms with Crippen LogP contribution in [0.3, 0.4) is 0 Å². The Bertz CT molecular complexity index is 1110. The number of aromatic nitrogens is 2. The number of methoxy groups -OCH3 is 2. The van der Waals surface area contributed by atoms with Gasteiger partial charge >= 0.3 is 0 Å². The van der Waals surface area contributed by atoms with Crippen LogP contribution in [0.15, 0.2) is 30.3 Å². The summed E-state index contributed by atoms with van der Waals surface area (Å²) in [6, 6.07) is 11.5. The van der Waals surface area contributed by atoms with Crippen LogP contribution in [0.5, 0.6) is 11.8 Å². The van der Waals surface area contributed by atoms with E-state index in [2.05, 4.69) is 40.0 Å². The predicted octanol–water partition coefficient (Wildman–Crippen LogP) is 5.01. The molecule has 1 saturated carbocycles. The second-order valence-corrected chi connectivity index (χ2v) is 9.57. The number of ether oxygens (including phenoxy) is 2. The van der Waals surface area contributed by atoms with Crippen molar-refractivity contribution in [1.29, 1.82) is 0 Å². The van der Waals surface area contributed by atoms with E-state index in [9.17, 15) is 0 Å². The Morgan fingerprint density at radius 3 is 2.61 bits per heavy atom. The summed E-state index contributed by atoms with van der Waals surface area (Å²) < 4.78 is 10.8. The molecule has 1 aliphatic carbocycles. The van der Waals surface area contributed by atoms with E-state index < -0.39 is 0 Å². The Kier molecular flexibility index (Phi) is 4.49. The van der Waals surface area contributed by atoms with Crippen LogP contribution in [-0.2, 0) is 6.42 Å². The van der Waals surface area contributed by atoms with Gasteiger partial charge in [0.2, 0.25) is 11.8 Å². The first-order valence-electron chi connectivity index (χ1n) is 11.7. The highest BCUT2D eigenvalue weighted by atomic mass is 16.5. The Balaban J connectivity index is 1.46. The number of fused-ring (bicyclic) bond motifs is 4. The molecule has 2 aromatic heterocycles. The molecule has 1 aromatic carbocycles. The fraction of sp³-hybridized carbons (Fsp3) is 0.500. The number of nitrogens with zero attached hydrogens (tertiary/aromatic N) is 2. The first kappa shape index (κ1) is 19.2. The molecule has 3 aliphatic heterocycles. The normalized spacial score (nSPS) is 28.9. The summed E-state index contributed by atoms with van der Waals surface area (Å²) in [6.45, 7) is 4.88. The minimum atomic E-state index is 0.575. The minimum absolute atomic E-state index is 0.575. The number of nitrogens with one attached hydrogen (secondary N) is 1. The number of H-pyrrole nitrogens is 1. The summed E-state index contributed by atoms with van der Waals surface area (Å²) in [5.41, 5.74) is 6.58. The third kappa shape index (κ3) is 2.97. The first-order valence-corrected chi connectivity index (χ1v) is 11.7. The smallest absolute Gasteiger partial charge is 0.216 e. The van der Waals surface area contributed by atoms with Crippen LogP contribution >= 0.6 is 0 Å². The zero-order valence-corrected chi connectivity index (χ0v) is 18.6. The van der Waals surface area contributed by atoms with E-state index >= 15 is 0 Å². The van der Waals surface area contributed by atoms with Crippen molar-refractivity contribution in [3.8, 4) is 22.9 Å². The van der Waals surface area contributed by atoms with E-state index in [-0.39, 0.29) is 0 Å². The lowest BCUT2D eigenvalue weighted by Gasteiger charge is -2.53. The van der Waals surface area contributed by atoms with Gasteiger partial charge in [0, 0.05) is 53.8 Å². The molecule has 0 radical (unpaired) electrons. The molecule has 1 N–H and O–H groups in total. The molecule has 3 aromatic rings. The van der Waals surface area contributed by atoms with Crippen molar-refractivity contribution in [2.45, 2.75) is 44.6 Å². The van der Waals surface area contributed by atoms with E-state index in [4.69, 9.17) is 9.47 Å². The molecular weight excluding hydrogens is 386 g/mol. The van der Waals surface area contributed by atoms with Crippen molar-refractivity contribution in [3.05, 3.63) is 41.6 Å². The summed E-state index contributed by atoms with van der Waals surface area (Å²) >= 11 is 0. The monoisotopic (exact) mass is 417 g/mol. The number of rotatable bonds is 4. The van der Waals surface area contributed by atoms with Crippen LogP contribution in [0, 0.1) is 11.8 Å². The van der Waals surface area contributed by atoms with Gasteiger partial charge in [0.25, 0.3) is 0 Å². The molecule has 7 rings (SSSR count). The van der Waals surface area contributed by atoms with Gasteiger partial charge in [-0.25, -0.2) is 0 Å². The summed E-state index contributed by atoms with van der Waals surface area (Å²) in [7, 11) is 3.29. The summed E-state index contributed by atoms with van der Waals surface area (Å²) in [5.74, 6) is 3.52. The van der Waals surface area contributed by atoms with Crippen molar-refractivity contribution >= 4 is 10.9 Å². The highest BCUT2D eigenvalue weighted by Gasteiger charge is 2.48. The molecule has 4 bridgehead atoms. The lowest BCUT2D eigenvalue weighted by Crippen LogP contribution is -2.56. The van der Waals surface area contributed by atoms with Crippen LogP contribution in [0.4, 0.5) is 0 Å². The van der Waals surface area contributed by atoms with Crippen molar-refractivity contribution in [1.82, 2.24) is 14.9 Å². The Morgan fingerprint density at radius 2 is 1.87 bits per heavy atom. The molecule has 162 valence electrons. The first-order chi connectivity index (χ1) is 15.2. The number of aromatic amines is 1. The molecule has 5 heteroatoms. The van der Waals surface area contributed by atoms with Gasteiger partial charge < -0.3 is 14.5 Å². The predicted molar refractivity (Wildman–Crippen MR) is 123 cm³/mol. The molecule has 4 aliphatic rings. The second kappa shape index (κ2) is 7.27. The summed E-state index contributed by atoms with van der Waals surface area (Å²) in [6.07, 6.45) is 5.22. The van der Waals surface area contributed by atoms with Gasteiger partial charge in [0.15, 0.2) is 0 Å². The Morgan fingerprint density at radius 1 is 1.06 bits per heavy atom. The van der Waals surface area contributed by atoms with Crippen molar-refractivity contribution in [3.63, 3.8) is 0 Å². The van der Waals surface area contributed by atoms with Crippen LogP contribution in [0.2, 0.25) is 0 Å². The average molecular weight is 418 g/mol. The molecular formula is C26H31N3O2. The third-order valence-electron chi connectivity index (χ3n) is 8.05. The zero-order chi connectivity index (χ0) is 21.1. The highest BCUT2D eigenvalue weighted by molar-refractivity contribution is 5.89. The lowest BCUT2D eigenvalue weighted by atomic mass is 9.65. The number of hydrogen-bond acceptors (Lipinski definition) is 4. The van der Waals surface area contributed by atoms with Crippen LogP contribution < -0.4 is 9.47 Å².